The van der Waals surface area contributed by atoms with Gasteiger partial charge in [-0.05, 0) is 43.7 Å². The molecular formula is C21H21FN2O3S. The summed E-state index contributed by atoms with van der Waals surface area (Å²) in [7, 11) is -1.41. The maximum atomic E-state index is 12.9. The Morgan fingerprint density at radius 2 is 1.79 bits per heavy atom. The van der Waals surface area contributed by atoms with Gasteiger partial charge in [0.15, 0.2) is 0 Å². The van der Waals surface area contributed by atoms with Crippen molar-refractivity contribution in [3.05, 3.63) is 76.9 Å². The molecule has 7 heteroatoms. The van der Waals surface area contributed by atoms with Crippen LogP contribution < -0.4 is 5.32 Å². The van der Waals surface area contributed by atoms with Crippen molar-refractivity contribution in [2.75, 3.05) is 5.75 Å². The van der Waals surface area contributed by atoms with E-state index in [-0.39, 0.29) is 29.8 Å². The van der Waals surface area contributed by atoms with Gasteiger partial charge in [0, 0.05) is 22.9 Å². The van der Waals surface area contributed by atoms with Crippen LogP contribution in [0.25, 0.3) is 11.5 Å². The van der Waals surface area contributed by atoms with Crippen molar-refractivity contribution < 1.29 is 17.8 Å². The second kappa shape index (κ2) is 8.93. The van der Waals surface area contributed by atoms with E-state index in [1.807, 2.05) is 31.2 Å². The van der Waals surface area contributed by atoms with Gasteiger partial charge in [-0.3, -0.25) is 9.00 Å². The van der Waals surface area contributed by atoms with Crippen molar-refractivity contribution in [1.82, 2.24) is 10.3 Å². The van der Waals surface area contributed by atoms with Crippen LogP contribution in [-0.4, -0.2) is 20.9 Å². The molecule has 3 aromatic rings. The molecule has 1 N–H and O–H groups in total. The highest BCUT2D eigenvalue weighted by molar-refractivity contribution is 7.84. The first-order valence-corrected chi connectivity index (χ1v) is 10.3. The van der Waals surface area contributed by atoms with Crippen LogP contribution in [0.3, 0.4) is 0 Å². The summed E-state index contributed by atoms with van der Waals surface area (Å²) in [5, 5.41) is 2.69. The van der Waals surface area contributed by atoms with E-state index in [0.717, 1.165) is 16.7 Å². The van der Waals surface area contributed by atoms with E-state index < -0.39 is 10.8 Å². The van der Waals surface area contributed by atoms with Crippen molar-refractivity contribution in [2.45, 2.75) is 26.1 Å². The minimum Gasteiger partial charge on any atom is -0.441 e. The highest BCUT2D eigenvalue weighted by Gasteiger charge is 2.16. The summed E-state index contributed by atoms with van der Waals surface area (Å²) in [5.41, 5.74) is 3.35. The monoisotopic (exact) mass is 400 g/mol. The number of hydrogen-bond donors (Lipinski definition) is 1. The minimum atomic E-state index is -1.41. The number of aromatic nitrogens is 1. The second-order valence-corrected chi connectivity index (χ2v) is 7.98. The van der Waals surface area contributed by atoms with Crippen molar-refractivity contribution >= 4 is 16.7 Å². The van der Waals surface area contributed by atoms with E-state index in [4.69, 9.17) is 4.42 Å². The van der Waals surface area contributed by atoms with Crippen molar-refractivity contribution in [3.63, 3.8) is 0 Å². The number of aryl methyl sites for hydroxylation is 2. The Balaban J connectivity index is 1.55. The first-order valence-electron chi connectivity index (χ1n) is 8.80. The third-order valence-corrected chi connectivity index (χ3v) is 5.36. The summed E-state index contributed by atoms with van der Waals surface area (Å²) in [6.07, 6.45) is 0. The molecule has 0 fully saturated rings. The molecule has 0 aliphatic rings. The number of hydrogen-bond acceptors (Lipinski definition) is 4. The van der Waals surface area contributed by atoms with E-state index in [9.17, 15) is 13.4 Å². The molecule has 0 saturated heterocycles. The van der Waals surface area contributed by atoms with E-state index in [1.54, 1.807) is 19.1 Å². The molecule has 1 aromatic heterocycles. The van der Waals surface area contributed by atoms with Gasteiger partial charge in [-0.25, -0.2) is 9.37 Å². The van der Waals surface area contributed by atoms with Crippen molar-refractivity contribution in [1.29, 1.82) is 0 Å². The SMILES string of the molecule is Cc1ccc(-c2nc(C[S@](=O)CC(=O)NCc3ccc(F)cc3)c(C)o2)cc1. The van der Waals surface area contributed by atoms with E-state index in [1.165, 1.54) is 12.1 Å². The lowest BCUT2D eigenvalue weighted by Crippen LogP contribution is -2.28. The smallest absolute Gasteiger partial charge is 0.232 e. The van der Waals surface area contributed by atoms with Crippen LogP contribution in [0.4, 0.5) is 4.39 Å². The van der Waals surface area contributed by atoms with Gasteiger partial charge in [-0.2, -0.15) is 0 Å². The number of carbonyl (C=O) groups excluding carboxylic acids is 1. The van der Waals surface area contributed by atoms with Crippen LogP contribution in [0.15, 0.2) is 52.9 Å². The normalized spacial score (nSPS) is 12.0. The first-order chi connectivity index (χ1) is 13.4. The van der Waals surface area contributed by atoms with Crippen LogP contribution in [0.2, 0.25) is 0 Å². The van der Waals surface area contributed by atoms with Crippen molar-refractivity contribution in [3.8, 4) is 11.5 Å². The predicted octanol–water partition coefficient (Wildman–Crippen LogP) is 3.66. The lowest BCUT2D eigenvalue weighted by Gasteiger charge is -2.05. The Labute approximate surface area is 165 Å². The molecule has 5 nitrogen and oxygen atoms in total. The summed E-state index contributed by atoms with van der Waals surface area (Å²) in [6.45, 7) is 4.03. The van der Waals surface area contributed by atoms with Crippen LogP contribution in [0.5, 0.6) is 0 Å². The van der Waals surface area contributed by atoms with E-state index in [2.05, 4.69) is 10.3 Å². The summed E-state index contributed by atoms with van der Waals surface area (Å²) >= 11 is 0. The molecule has 146 valence electrons. The fourth-order valence-electron chi connectivity index (χ4n) is 2.59. The Morgan fingerprint density at radius 3 is 2.46 bits per heavy atom. The quantitative estimate of drug-likeness (QED) is 0.657. The third-order valence-electron chi connectivity index (χ3n) is 4.18. The van der Waals surface area contributed by atoms with Crippen LogP contribution in [0.1, 0.15) is 22.6 Å². The Hall–Kier alpha value is -2.80. The van der Waals surface area contributed by atoms with Crippen molar-refractivity contribution in [2.24, 2.45) is 0 Å². The third kappa shape index (κ3) is 5.36. The molecule has 28 heavy (non-hydrogen) atoms. The number of nitrogens with zero attached hydrogens (tertiary/aromatic N) is 1. The van der Waals surface area contributed by atoms with Gasteiger partial charge in [0.2, 0.25) is 11.8 Å². The fraction of sp³-hybridized carbons (Fsp3) is 0.238. The molecule has 1 atom stereocenters. The molecule has 1 heterocycles. The number of amides is 1. The largest absolute Gasteiger partial charge is 0.441 e. The molecular weight excluding hydrogens is 379 g/mol. The molecule has 0 unspecified atom stereocenters. The number of benzene rings is 2. The number of nitrogens with one attached hydrogen (secondary N) is 1. The molecule has 0 aliphatic carbocycles. The second-order valence-electron chi connectivity index (χ2n) is 6.52. The van der Waals surface area contributed by atoms with E-state index in [0.29, 0.717) is 17.3 Å². The zero-order chi connectivity index (χ0) is 20.1. The first kappa shape index (κ1) is 19.9. The molecule has 1 amide bonds. The molecule has 3 rings (SSSR count). The van der Waals surface area contributed by atoms with Gasteiger partial charge >= 0.3 is 0 Å². The average Bonchev–Trinajstić information content (AvgIpc) is 3.02. The number of carbonyl (C=O) groups is 1. The molecule has 0 spiro atoms. The molecule has 0 aliphatic heterocycles. The Bertz CT molecular complexity index is 982. The zero-order valence-corrected chi connectivity index (χ0v) is 16.5. The Morgan fingerprint density at radius 1 is 1.11 bits per heavy atom. The van der Waals surface area contributed by atoms with Gasteiger partial charge in [0.05, 0.1) is 11.4 Å². The topological polar surface area (TPSA) is 72.2 Å². The summed E-state index contributed by atoms with van der Waals surface area (Å²) < 4.78 is 30.9. The maximum absolute atomic E-state index is 12.9. The lowest BCUT2D eigenvalue weighted by atomic mass is 10.1. The summed E-state index contributed by atoms with van der Waals surface area (Å²) in [6, 6.07) is 13.6. The predicted molar refractivity (Wildman–Crippen MR) is 106 cm³/mol. The molecule has 0 bridgehead atoms. The van der Waals surface area contributed by atoms with Gasteiger partial charge in [0.25, 0.3) is 0 Å². The molecule has 2 aromatic carbocycles. The molecule has 0 radical (unpaired) electrons. The summed E-state index contributed by atoms with van der Waals surface area (Å²) in [4.78, 5) is 16.4. The van der Waals surface area contributed by atoms with Gasteiger partial charge in [0.1, 0.15) is 17.3 Å². The maximum Gasteiger partial charge on any atom is 0.232 e. The van der Waals surface area contributed by atoms with Gasteiger partial charge in [-0.15, -0.1) is 0 Å². The van der Waals surface area contributed by atoms with Gasteiger partial charge < -0.3 is 9.73 Å². The Kier molecular flexibility index (Phi) is 6.36. The number of rotatable bonds is 7. The average molecular weight is 400 g/mol. The highest BCUT2D eigenvalue weighted by Crippen LogP contribution is 2.22. The van der Waals surface area contributed by atoms with Crippen LogP contribution in [-0.2, 0) is 27.9 Å². The number of oxazole rings is 1. The van der Waals surface area contributed by atoms with E-state index >= 15 is 0 Å². The molecule has 0 saturated carbocycles. The van der Waals surface area contributed by atoms with Crippen LogP contribution >= 0.6 is 0 Å². The van der Waals surface area contributed by atoms with Gasteiger partial charge in [-0.1, -0.05) is 29.8 Å². The zero-order valence-electron chi connectivity index (χ0n) is 15.7. The minimum absolute atomic E-state index is 0.132. The standard InChI is InChI=1S/C21H21FN2O3S/c1-14-3-7-17(8-4-14)21-24-19(15(2)27-21)12-28(26)13-20(25)23-11-16-5-9-18(22)10-6-16/h3-10H,11-13H2,1-2H3,(H,23,25)/t28-/m0/s1. The lowest BCUT2D eigenvalue weighted by molar-refractivity contribution is -0.118. The number of halogens is 1. The fourth-order valence-corrected chi connectivity index (χ4v) is 3.65. The van der Waals surface area contributed by atoms with Crippen LogP contribution in [0, 0.1) is 19.7 Å². The summed E-state index contributed by atoms with van der Waals surface area (Å²) in [5.74, 6) is 0.422. The highest BCUT2D eigenvalue weighted by atomic mass is 32.2.